The third-order valence-corrected chi connectivity index (χ3v) is 5.15. The summed E-state index contributed by atoms with van der Waals surface area (Å²) in [6, 6.07) is 13.5. The molecule has 2 amide bonds. The Labute approximate surface area is 141 Å². The number of carbonyl (C=O) groups excluding carboxylic acids is 2. The lowest BCUT2D eigenvalue weighted by molar-refractivity contribution is -0.119. The predicted molar refractivity (Wildman–Crippen MR) is 93.1 cm³/mol. The molecule has 122 valence electrons. The van der Waals surface area contributed by atoms with E-state index in [2.05, 4.69) is 6.07 Å². The maximum Gasteiger partial charge on any atom is 0.258 e. The first-order chi connectivity index (χ1) is 11.6. The van der Waals surface area contributed by atoms with Gasteiger partial charge in [-0.05, 0) is 60.6 Å². The van der Waals surface area contributed by atoms with E-state index >= 15 is 0 Å². The summed E-state index contributed by atoms with van der Waals surface area (Å²) in [5.74, 6) is -0.870. The quantitative estimate of drug-likeness (QED) is 0.925. The van der Waals surface area contributed by atoms with Crippen molar-refractivity contribution in [2.75, 3.05) is 11.4 Å². The van der Waals surface area contributed by atoms with Gasteiger partial charge >= 0.3 is 0 Å². The Morgan fingerprint density at radius 2 is 1.75 bits per heavy atom. The molecule has 0 fully saturated rings. The van der Waals surface area contributed by atoms with Crippen LogP contribution >= 0.6 is 0 Å². The number of hydrogen-bond acceptors (Lipinski definition) is 2. The zero-order valence-electron chi connectivity index (χ0n) is 13.5. The van der Waals surface area contributed by atoms with Gasteiger partial charge in [-0.25, -0.2) is 0 Å². The summed E-state index contributed by atoms with van der Waals surface area (Å²) < 4.78 is 0. The summed E-state index contributed by atoms with van der Waals surface area (Å²) in [7, 11) is 0. The maximum atomic E-state index is 13.0. The van der Waals surface area contributed by atoms with Crippen LogP contribution in [0.3, 0.4) is 0 Å². The van der Waals surface area contributed by atoms with Gasteiger partial charge in [0.1, 0.15) is 0 Å². The fourth-order valence-corrected chi connectivity index (χ4v) is 3.87. The molecule has 0 aromatic heterocycles. The Hall–Kier alpha value is -2.62. The van der Waals surface area contributed by atoms with Crippen LogP contribution in [0.5, 0.6) is 0 Å². The lowest BCUT2D eigenvalue weighted by atomic mass is 9.90. The van der Waals surface area contributed by atoms with Crippen LogP contribution in [0.1, 0.15) is 45.8 Å². The second kappa shape index (κ2) is 5.78. The molecule has 0 spiro atoms. The molecule has 2 N–H and O–H groups in total. The number of benzene rings is 2. The maximum absolute atomic E-state index is 13.0. The summed E-state index contributed by atoms with van der Waals surface area (Å²) in [4.78, 5) is 26.5. The van der Waals surface area contributed by atoms with Gasteiger partial charge in [0, 0.05) is 17.8 Å². The van der Waals surface area contributed by atoms with Gasteiger partial charge in [0.2, 0.25) is 5.91 Å². The lowest BCUT2D eigenvalue weighted by Gasteiger charge is -2.20. The highest BCUT2D eigenvalue weighted by Gasteiger charge is 2.35. The minimum atomic E-state index is -0.428. The number of carbonyl (C=O) groups is 2. The summed E-state index contributed by atoms with van der Waals surface area (Å²) in [6.07, 6.45) is 4.54. The van der Waals surface area contributed by atoms with Gasteiger partial charge in [-0.1, -0.05) is 24.3 Å². The van der Waals surface area contributed by atoms with Crippen LogP contribution < -0.4 is 10.6 Å². The van der Waals surface area contributed by atoms with E-state index in [1.54, 1.807) is 4.90 Å². The van der Waals surface area contributed by atoms with Crippen molar-refractivity contribution >= 4 is 17.5 Å². The Balaban J connectivity index is 1.69. The Kier molecular flexibility index (Phi) is 3.60. The highest BCUT2D eigenvalue weighted by atomic mass is 16.2. The third-order valence-electron chi connectivity index (χ3n) is 5.15. The first kappa shape index (κ1) is 14.9. The van der Waals surface area contributed by atoms with E-state index in [9.17, 15) is 9.59 Å². The number of rotatable bonds is 2. The Bertz CT molecular complexity index is 828. The minimum Gasteiger partial charge on any atom is -0.369 e. The normalized spacial score (nSPS) is 18.8. The van der Waals surface area contributed by atoms with E-state index in [0.717, 1.165) is 24.1 Å². The number of hydrogen-bond donors (Lipinski definition) is 1. The molecule has 0 radical (unpaired) electrons. The number of para-hydroxylation sites is 1. The molecule has 4 nitrogen and oxygen atoms in total. The second-order valence-electron chi connectivity index (χ2n) is 6.62. The number of nitrogens with two attached hydrogens (primary N) is 1. The summed E-state index contributed by atoms with van der Waals surface area (Å²) in [5.41, 5.74) is 10.5. The second-order valence-corrected chi connectivity index (χ2v) is 6.62. The standard InChI is InChI=1S/C20H20N2O2/c21-19(23)17-12-22(18-8-4-3-7-16(17)18)20(24)15-10-9-13-5-1-2-6-14(13)11-15/h3-4,7-11,17H,1-2,5-6,12H2,(H2,21,23)/t17-/m1/s1. The van der Waals surface area contributed by atoms with Gasteiger partial charge in [-0.2, -0.15) is 0 Å². The summed E-state index contributed by atoms with van der Waals surface area (Å²) in [5, 5.41) is 0. The number of amides is 2. The molecule has 2 aromatic carbocycles. The van der Waals surface area contributed by atoms with Gasteiger partial charge in [0.05, 0.1) is 5.92 Å². The molecule has 0 saturated carbocycles. The van der Waals surface area contributed by atoms with Gasteiger partial charge < -0.3 is 10.6 Å². The number of nitrogens with zero attached hydrogens (tertiary/aromatic N) is 1. The molecule has 4 heteroatoms. The molecular weight excluding hydrogens is 300 g/mol. The van der Waals surface area contributed by atoms with E-state index < -0.39 is 5.92 Å². The SMILES string of the molecule is NC(=O)[C@@H]1CN(C(=O)c2ccc3c(c2)CCCC3)c2ccccc21. The first-order valence-corrected chi connectivity index (χ1v) is 8.47. The summed E-state index contributed by atoms with van der Waals surface area (Å²) >= 11 is 0. The summed E-state index contributed by atoms with van der Waals surface area (Å²) in [6.45, 7) is 0.324. The molecule has 0 saturated heterocycles. The minimum absolute atomic E-state index is 0.0560. The third kappa shape index (κ3) is 2.39. The van der Waals surface area contributed by atoms with Crippen LogP contribution in [0, 0.1) is 0 Å². The van der Waals surface area contributed by atoms with Crippen molar-refractivity contribution in [2.24, 2.45) is 5.73 Å². The van der Waals surface area contributed by atoms with Crippen LogP contribution in [-0.2, 0) is 17.6 Å². The molecule has 2 aromatic rings. The molecule has 2 aliphatic rings. The van der Waals surface area contributed by atoms with E-state index in [4.69, 9.17) is 5.73 Å². The molecule has 4 rings (SSSR count). The van der Waals surface area contributed by atoms with Crippen molar-refractivity contribution in [2.45, 2.75) is 31.6 Å². The molecule has 0 bridgehead atoms. The molecule has 1 aliphatic carbocycles. The topological polar surface area (TPSA) is 63.4 Å². The van der Waals surface area contributed by atoms with Crippen LogP contribution in [0.25, 0.3) is 0 Å². The van der Waals surface area contributed by atoms with Gasteiger partial charge in [-0.15, -0.1) is 0 Å². The Morgan fingerprint density at radius 1 is 1.00 bits per heavy atom. The Morgan fingerprint density at radius 3 is 2.54 bits per heavy atom. The average Bonchev–Trinajstić information content (AvgIpc) is 3.00. The molecule has 1 atom stereocenters. The van der Waals surface area contributed by atoms with Crippen molar-refractivity contribution in [3.05, 3.63) is 64.7 Å². The highest BCUT2D eigenvalue weighted by molar-refractivity contribution is 6.09. The largest absolute Gasteiger partial charge is 0.369 e. The monoisotopic (exact) mass is 320 g/mol. The van der Waals surface area contributed by atoms with Crippen molar-refractivity contribution in [3.8, 4) is 0 Å². The van der Waals surface area contributed by atoms with Crippen LogP contribution in [-0.4, -0.2) is 18.4 Å². The zero-order chi connectivity index (χ0) is 16.7. The average molecular weight is 320 g/mol. The van der Waals surface area contributed by atoms with E-state index in [-0.39, 0.29) is 11.8 Å². The highest BCUT2D eigenvalue weighted by Crippen LogP contribution is 2.37. The van der Waals surface area contributed by atoms with Crippen molar-refractivity contribution in [1.82, 2.24) is 0 Å². The van der Waals surface area contributed by atoms with Crippen LogP contribution in [0.2, 0.25) is 0 Å². The van der Waals surface area contributed by atoms with Crippen molar-refractivity contribution < 1.29 is 9.59 Å². The molecular formula is C20H20N2O2. The number of aryl methyl sites for hydroxylation is 2. The fraction of sp³-hybridized carbons (Fsp3) is 0.300. The van der Waals surface area contributed by atoms with E-state index in [1.807, 2.05) is 36.4 Å². The van der Waals surface area contributed by atoms with E-state index in [1.165, 1.54) is 24.0 Å². The van der Waals surface area contributed by atoms with E-state index in [0.29, 0.717) is 12.1 Å². The molecule has 1 aliphatic heterocycles. The fourth-order valence-electron chi connectivity index (χ4n) is 3.87. The van der Waals surface area contributed by atoms with Gasteiger partial charge in [0.15, 0.2) is 0 Å². The molecule has 0 unspecified atom stereocenters. The number of anilines is 1. The van der Waals surface area contributed by atoms with Crippen molar-refractivity contribution in [1.29, 1.82) is 0 Å². The smallest absolute Gasteiger partial charge is 0.258 e. The predicted octanol–water partition coefficient (Wildman–Crippen LogP) is 2.79. The first-order valence-electron chi connectivity index (χ1n) is 8.47. The lowest BCUT2D eigenvalue weighted by Crippen LogP contribution is -2.33. The van der Waals surface area contributed by atoms with Gasteiger partial charge in [-0.3, -0.25) is 9.59 Å². The molecule has 24 heavy (non-hydrogen) atoms. The zero-order valence-corrected chi connectivity index (χ0v) is 13.5. The van der Waals surface area contributed by atoms with Crippen molar-refractivity contribution in [3.63, 3.8) is 0 Å². The van der Waals surface area contributed by atoms with Gasteiger partial charge in [0.25, 0.3) is 5.91 Å². The van der Waals surface area contributed by atoms with Crippen LogP contribution in [0.4, 0.5) is 5.69 Å². The van der Waals surface area contributed by atoms with Crippen LogP contribution in [0.15, 0.2) is 42.5 Å². The molecule has 1 heterocycles. The number of primary amides is 1. The number of fused-ring (bicyclic) bond motifs is 2.